The molecule has 2 amide bonds. The Morgan fingerprint density at radius 2 is 1.72 bits per heavy atom. The fourth-order valence-electron chi connectivity index (χ4n) is 5.40. The molecule has 0 aromatic heterocycles. The fraction of sp³-hybridized carbons (Fsp3) is 0.312. The summed E-state index contributed by atoms with van der Waals surface area (Å²) >= 11 is 0. The molecule has 1 unspecified atom stereocenters. The Hall–Kier alpha value is -4.10. The summed E-state index contributed by atoms with van der Waals surface area (Å²) < 4.78 is 10.9. The molecule has 5 rings (SSSR count). The number of carbonyl (C=O) groups is 2. The molecule has 39 heavy (non-hydrogen) atoms. The molecule has 0 aliphatic carbocycles. The molecule has 3 aromatic rings. The molecule has 7 nitrogen and oxygen atoms in total. The van der Waals surface area contributed by atoms with Crippen LogP contribution in [0.3, 0.4) is 0 Å². The number of nitrogens with one attached hydrogen (secondary N) is 1. The van der Waals surface area contributed by atoms with Crippen molar-refractivity contribution in [1.29, 1.82) is 0 Å². The van der Waals surface area contributed by atoms with E-state index >= 15 is 0 Å². The van der Waals surface area contributed by atoms with E-state index in [0.717, 1.165) is 34.6 Å². The van der Waals surface area contributed by atoms with Gasteiger partial charge in [0.1, 0.15) is 17.6 Å². The highest BCUT2D eigenvalue weighted by molar-refractivity contribution is 6.07. The molecule has 0 radical (unpaired) electrons. The lowest BCUT2D eigenvalue weighted by Crippen LogP contribution is -2.47. The van der Waals surface area contributed by atoms with Crippen LogP contribution in [0, 0.1) is 0 Å². The molecule has 0 spiro atoms. The third kappa shape index (κ3) is 4.90. The van der Waals surface area contributed by atoms with E-state index in [1.807, 2.05) is 93.5 Å². The maximum Gasteiger partial charge on any atom is 0.526 e. The Morgan fingerprint density at radius 1 is 1.00 bits per heavy atom. The van der Waals surface area contributed by atoms with Crippen molar-refractivity contribution in [2.24, 2.45) is 0 Å². The lowest BCUT2D eigenvalue weighted by Gasteiger charge is -2.40. The Balaban J connectivity index is 1.45. The van der Waals surface area contributed by atoms with Gasteiger partial charge in [-0.3, -0.25) is 4.79 Å². The van der Waals surface area contributed by atoms with Gasteiger partial charge in [-0.15, -0.1) is 0 Å². The van der Waals surface area contributed by atoms with Gasteiger partial charge in [-0.1, -0.05) is 24.3 Å². The highest BCUT2D eigenvalue weighted by Gasteiger charge is 2.43. The molecule has 0 fully saturated rings. The summed E-state index contributed by atoms with van der Waals surface area (Å²) in [5.74, 6) is 0.679. The number of methoxy groups -OCH3 is 1. The van der Waals surface area contributed by atoms with Gasteiger partial charge in [0.15, 0.2) is 5.69 Å². The van der Waals surface area contributed by atoms with Crippen molar-refractivity contribution in [2.75, 3.05) is 24.4 Å². The number of para-hydroxylation sites is 1. The first-order chi connectivity index (χ1) is 18.5. The SMILES string of the molecule is COc1ccc(C(=O)N2c3ccccc3[C@H](Nc3cccc4c3C=C[N+]4(C)C(=O)OC(C)(C)C)C[C@@H]2C)cc1. The first-order valence-electron chi connectivity index (χ1n) is 13.3. The Bertz CT molecular complexity index is 1440. The minimum atomic E-state index is -0.581. The molecule has 7 heteroatoms. The minimum Gasteiger partial charge on any atom is -0.497 e. The summed E-state index contributed by atoms with van der Waals surface area (Å²) in [4.78, 5) is 28.7. The van der Waals surface area contributed by atoms with E-state index in [1.54, 1.807) is 19.2 Å². The largest absolute Gasteiger partial charge is 0.526 e. The van der Waals surface area contributed by atoms with Crippen LogP contribution in [0.5, 0.6) is 5.75 Å². The van der Waals surface area contributed by atoms with Gasteiger partial charge in [-0.25, -0.2) is 0 Å². The van der Waals surface area contributed by atoms with Crippen molar-refractivity contribution >= 4 is 35.1 Å². The van der Waals surface area contributed by atoms with Crippen LogP contribution in [0.1, 0.15) is 61.6 Å². The van der Waals surface area contributed by atoms with Crippen LogP contribution in [-0.4, -0.2) is 37.8 Å². The van der Waals surface area contributed by atoms with Gasteiger partial charge >= 0.3 is 6.09 Å². The van der Waals surface area contributed by atoms with Crippen molar-refractivity contribution < 1.29 is 19.1 Å². The molecule has 202 valence electrons. The number of hydrogen-bond acceptors (Lipinski definition) is 5. The summed E-state index contributed by atoms with van der Waals surface area (Å²) in [6, 6.07) is 21.2. The number of fused-ring (bicyclic) bond motifs is 2. The lowest BCUT2D eigenvalue weighted by molar-refractivity contribution is 0.0383. The molecular formula is C32H36N3O4+. The molecule has 0 saturated heterocycles. The second-order valence-corrected chi connectivity index (χ2v) is 11.4. The van der Waals surface area contributed by atoms with Gasteiger partial charge < -0.3 is 19.7 Å². The van der Waals surface area contributed by atoms with Crippen LogP contribution in [0.2, 0.25) is 0 Å². The highest BCUT2D eigenvalue weighted by Crippen LogP contribution is 2.44. The van der Waals surface area contributed by atoms with E-state index in [2.05, 4.69) is 18.3 Å². The van der Waals surface area contributed by atoms with Crippen molar-refractivity contribution in [3.8, 4) is 5.75 Å². The number of ether oxygens (including phenoxy) is 2. The Morgan fingerprint density at radius 3 is 2.41 bits per heavy atom. The smallest absolute Gasteiger partial charge is 0.497 e. The van der Waals surface area contributed by atoms with E-state index in [-0.39, 0.29) is 28.6 Å². The Labute approximate surface area is 230 Å². The normalized spacial score (nSPS) is 21.6. The average molecular weight is 527 g/mol. The van der Waals surface area contributed by atoms with Crippen LogP contribution in [0.15, 0.2) is 72.9 Å². The minimum absolute atomic E-state index is 0.0168. The van der Waals surface area contributed by atoms with E-state index in [0.29, 0.717) is 11.3 Å². The van der Waals surface area contributed by atoms with Crippen LogP contribution >= 0.6 is 0 Å². The summed E-state index contributed by atoms with van der Waals surface area (Å²) in [7, 11) is 3.46. The number of rotatable bonds is 4. The van der Waals surface area contributed by atoms with Gasteiger partial charge in [0, 0.05) is 35.1 Å². The topological polar surface area (TPSA) is 67.9 Å². The van der Waals surface area contributed by atoms with Crippen LogP contribution in [0.25, 0.3) is 6.08 Å². The van der Waals surface area contributed by atoms with Crippen molar-refractivity contribution in [3.05, 3.63) is 89.6 Å². The second kappa shape index (κ2) is 9.89. The zero-order valence-electron chi connectivity index (χ0n) is 23.4. The molecule has 2 aliphatic heterocycles. The number of amides is 2. The van der Waals surface area contributed by atoms with E-state index < -0.39 is 5.60 Å². The number of carbonyl (C=O) groups excluding carboxylic acids is 2. The predicted molar refractivity (Wildman–Crippen MR) is 156 cm³/mol. The van der Waals surface area contributed by atoms with E-state index in [9.17, 15) is 9.59 Å². The molecule has 2 heterocycles. The predicted octanol–water partition coefficient (Wildman–Crippen LogP) is 7.14. The Kier molecular flexibility index (Phi) is 6.72. The van der Waals surface area contributed by atoms with Crippen molar-refractivity contribution in [3.63, 3.8) is 0 Å². The first kappa shape index (κ1) is 26.5. The van der Waals surface area contributed by atoms with Crippen molar-refractivity contribution in [1.82, 2.24) is 4.48 Å². The standard InChI is InChI=1S/C32H36N3O4/c1-21-20-27(24-10-7-8-12-28(24)34(21)30(36)22-14-16-23(38-6)17-15-22)33-26-11-9-13-29-25(26)18-19-35(29,5)31(37)39-32(2,3)4/h7-19,21,27,33H,20H2,1-6H3/q+1/t21-,27+,35?/m0/s1. The highest BCUT2D eigenvalue weighted by atomic mass is 16.6. The molecule has 0 saturated carbocycles. The quantitative estimate of drug-likeness (QED) is 0.366. The van der Waals surface area contributed by atoms with Gasteiger partial charge in [-0.2, -0.15) is 9.28 Å². The second-order valence-electron chi connectivity index (χ2n) is 11.4. The summed E-state index contributed by atoms with van der Waals surface area (Å²) in [6.07, 6.45) is 4.26. The number of anilines is 2. The summed E-state index contributed by atoms with van der Waals surface area (Å²) in [5, 5.41) is 3.74. The van der Waals surface area contributed by atoms with Gasteiger partial charge in [0.2, 0.25) is 0 Å². The zero-order chi connectivity index (χ0) is 27.9. The van der Waals surface area contributed by atoms with Gasteiger partial charge in [-0.05, 0) is 76.1 Å². The molecular weight excluding hydrogens is 490 g/mol. The van der Waals surface area contributed by atoms with Crippen molar-refractivity contribution in [2.45, 2.75) is 51.8 Å². The molecule has 1 N–H and O–H groups in total. The van der Waals surface area contributed by atoms with Crippen LogP contribution in [0.4, 0.5) is 21.9 Å². The molecule has 0 bridgehead atoms. The third-order valence-electron chi connectivity index (χ3n) is 7.37. The first-order valence-corrected chi connectivity index (χ1v) is 13.3. The lowest BCUT2D eigenvalue weighted by atomic mass is 9.90. The van der Waals surface area contributed by atoms with Gasteiger partial charge in [0.05, 0.1) is 25.8 Å². The monoisotopic (exact) mass is 526 g/mol. The summed E-state index contributed by atoms with van der Waals surface area (Å²) in [5.41, 5.74) is 4.76. The van der Waals surface area contributed by atoms with Crippen LogP contribution < -0.4 is 19.4 Å². The zero-order valence-corrected chi connectivity index (χ0v) is 23.4. The molecule has 3 aromatic carbocycles. The average Bonchev–Trinajstić information content (AvgIpc) is 3.26. The van der Waals surface area contributed by atoms with E-state index in [1.165, 1.54) is 0 Å². The van der Waals surface area contributed by atoms with Gasteiger partial charge in [0.25, 0.3) is 5.91 Å². The van der Waals surface area contributed by atoms with Crippen LogP contribution in [-0.2, 0) is 4.74 Å². The molecule has 3 atom stereocenters. The van der Waals surface area contributed by atoms with E-state index in [4.69, 9.17) is 9.47 Å². The number of benzene rings is 3. The maximum absolute atomic E-state index is 13.6. The maximum atomic E-state index is 13.6. The third-order valence-corrected chi connectivity index (χ3v) is 7.37. The number of hydrogen-bond donors (Lipinski definition) is 1. The molecule has 2 aliphatic rings. The number of nitrogens with zero attached hydrogens (tertiary/aromatic N) is 2. The number of quaternary nitrogens is 1. The fourth-order valence-corrected chi connectivity index (χ4v) is 5.40. The summed E-state index contributed by atoms with van der Waals surface area (Å²) in [6.45, 7) is 7.71.